The number of benzene rings is 1. The smallest absolute Gasteiger partial charge is 0.243 e. The van der Waals surface area contributed by atoms with Gasteiger partial charge in [-0.3, -0.25) is 0 Å². The fraction of sp³-hybridized carbons (Fsp3) is 0. The molecule has 2 aromatic rings. The maximum absolute atomic E-state index is 11.1. The molecule has 0 saturated carbocycles. The molecule has 1 N–H and O–H groups in total. The van der Waals surface area contributed by atoms with Crippen molar-refractivity contribution in [2.75, 3.05) is 0 Å². The molecule has 0 unspecified atom stereocenters. The van der Waals surface area contributed by atoms with E-state index in [4.69, 9.17) is 5.14 Å². The van der Waals surface area contributed by atoms with Crippen LogP contribution in [-0.2, 0) is 10.0 Å². The van der Waals surface area contributed by atoms with Crippen LogP contribution in [0.1, 0.15) is 0 Å². The van der Waals surface area contributed by atoms with Gasteiger partial charge in [0.2, 0.25) is 0 Å². The minimum atomic E-state index is -3.99. The summed E-state index contributed by atoms with van der Waals surface area (Å²) in [6, 6.07) is 8.67. The van der Waals surface area contributed by atoms with E-state index in [2.05, 4.69) is 4.98 Å². The topological polar surface area (TPSA) is 70.8 Å². The Labute approximate surface area is 81.4 Å². The van der Waals surface area contributed by atoms with Gasteiger partial charge in [-0.05, 0) is 11.5 Å². The molecule has 0 bridgehead atoms. The van der Waals surface area contributed by atoms with Crippen LogP contribution >= 0.6 is 0 Å². The molecule has 1 aromatic heterocycles. The van der Waals surface area contributed by atoms with E-state index in [1.165, 1.54) is 6.20 Å². The maximum atomic E-state index is 11.1. The first-order chi connectivity index (χ1) is 6.59. The highest BCUT2D eigenvalue weighted by Gasteiger charge is 2.13. The molecule has 4 nitrogen and oxygen atoms in total. The highest BCUT2D eigenvalue weighted by Crippen LogP contribution is 2.19. The van der Waals surface area contributed by atoms with Gasteiger partial charge in [-0.2, -0.15) is 0 Å². The third-order valence-corrected chi connectivity index (χ3v) is 2.73. The van der Waals surface area contributed by atoms with Crippen LogP contribution in [0.2, 0.25) is 0 Å². The van der Waals surface area contributed by atoms with Crippen molar-refractivity contribution in [3.8, 4) is 0 Å². The Kier molecular flexibility index (Phi) is 1.98. The van der Waals surface area contributed by atoms with E-state index in [0.29, 0.717) is 5.39 Å². The van der Waals surface area contributed by atoms with Crippen molar-refractivity contribution in [3.63, 3.8) is 0 Å². The first-order valence-corrected chi connectivity index (χ1v) is 5.41. The molecular weight excluding hydrogens is 200 g/mol. The second-order valence-corrected chi connectivity index (χ2v) is 4.23. The Hall–Kier alpha value is -1.46. The number of hydrogen-bond donors (Lipinski definition) is 0. The highest BCUT2D eigenvalue weighted by molar-refractivity contribution is 7.89. The van der Waals surface area contributed by atoms with Gasteiger partial charge in [0.25, 0.3) is 10.0 Å². The second-order valence-electron chi connectivity index (χ2n) is 2.84. The van der Waals surface area contributed by atoms with E-state index >= 15 is 0 Å². The number of nitrogens with zero attached hydrogens (tertiary/aromatic N) is 1. The van der Waals surface area contributed by atoms with Crippen LogP contribution < -0.4 is 5.14 Å². The molecule has 2 rings (SSSR count). The lowest BCUT2D eigenvalue weighted by Crippen LogP contribution is -2.03. The number of aromatic nitrogens is 1. The van der Waals surface area contributed by atoms with Crippen molar-refractivity contribution in [1.82, 2.24) is 10.1 Å². The molecule has 0 fully saturated rings. The molecular formula is C9H7N2O2S. The fourth-order valence-corrected chi connectivity index (χ4v) is 1.98. The summed E-state index contributed by atoms with van der Waals surface area (Å²) in [6.45, 7) is 0. The molecule has 71 valence electrons. The van der Waals surface area contributed by atoms with Crippen LogP contribution in [0.25, 0.3) is 10.8 Å². The van der Waals surface area contributed by atoms with Gasteiger partial charge in [0.1, 0.15) is 0 Å². The minimum Gasteiger partial charge on any atom is -0.243 e. The molecule has 0 spiro atoms. The van der Waals surface area contributed by atoms with E-state index < -0.39 is 10.0 Å². The predicted octanol–water partition coefficient (Wildman–Crippen LogP) is 1.21. The van der Waals surface area contributed by atoms with E-state index in [1.54, 1.807) is 24.3 Å². The van der Waals surface area contributed by atoms with Crippen LogP contribution in [0.15, 0.2) is 41.6 Å². The summed E-state index contributed by atoms with van der Waals surface area (Å²) in [4.78, 5) is 3.70. The third kappa shape index (κ3) is 1.47. The average Bonchev–Trinajstić information content (AvgIpc) is 2.15. The zero-order valence-electron chi connectivity index (χ0n) is 7.14. The Morgan fingerprint density at radius 1 is 1.14 bits per heavy atom. The predicted molar refractivity (Wildman–Crippen MR) is 52.0 cm³/mol. The van der Waals surface area contributed by atoms with E-state index in [9.17, 15) is 8.42 Å². The van der Waals surface area contributed by atoms with Crippen LogP contribution in [0.4, 0.5) is 0 Å². The number of hydrogen-bond acceptors (Lipinski definition) is 3. The molecule has 5 heteroatoms. The van der Waals surface area contributed by atoms with Crippen molar-refractivity contribution in [2.45, 2.75) is 5.03 Å². The molecule has 0 aliphatic carbocycles. The molecule has 1 aromatic carbocycles. The van der Waals surface area contributed by atoms with Gasteiger partial charge in [-0.25, -0.2) is 13.4 Å². The summed E-state index contributed by atoms with van der Waals surface area (Å²) in [5, 5.41) is 8.04. The lowest BCUT2D eigenvalue weighted by atomic mass is 10.2. The zero-order valence-corrected chi connectivity index (χ0v) is 7.95. The summed E-state index contributed by atoms with van der Waals surface area (Å²) in [5.74, 6) is 0. The molecule has 1 heterocycles. The van der Waals surface area contributed by atoms with Gasteiger partial charge >= 0.3 is 0 Å². The van der Waals surface area contributed by atoms with E-state index in [0.717, 1.165) is 5.39 Å². The lowest BCUT2D eigenvalue weighted by Gasteiger charge is -2.01. The summed E-state index contributed by atoms with van der Waals surface area (Å²) in [6.07, 6.45) is 1.39. The fourth-order valence-electron chi connectivity index (χ4n) is 1.31. The van der Waals surface area contributed by atoms with Crippen LogP contribution in [-0.4, -0.2) is 13.4 Å². The number of fused-ring (bicyclic) bond motifs is 1. The van der Waals surface area contributed by atoms with Gasteiger partial charge in [0.05, 0.1) is 0 Å². The normalized spacial score (nSPS) is 11.8. The number of sulfonamides is 1. The standard InChI is InChI=1S/C9H7N2O2S/c10-14(12,13)9-8-4-2-1-3-7(8)5-6-11-9/h1-6,10H. The van der Waals surface area contributed by atoms with Gasteiger partial charge in [-0.15, -0.1) is 5.14 Å². The van der Waals surface area contributed by atoms with E-state index in [1.807, 2.05) is 6.07 Å². The summed E-state index contributed by atoms with van der Waals surface area (Å²) in [5.41, 5.74) is 0. The van der Waals surface area contributed by atoms with Crippen molar-refractivity contribution < 1.29 is 8.42 Å². The lowest BCUT2D eigenvalue weighted by molar-refractivity contribution is 0.594. The minimum absolute atomic E-state index is 0.185. The van der Waals surface area contributed by atoms with Gasteiger partial charge < -0.3 is 0 Å². The zero-order chi connectivity index (χ0) is 10.2. The van der Waals surface area contributed by atoms with Crippen molar-refractivity contribution in [3.05, 3.63) is 36.5 Å². The molecule has 14 heavy (non-hydrogen) atoms. The first-order valence-electron chi connectivity index (χ1n) is 3.92. The van der Waals surface area contributed by atoms with Gasteiger partial charge in [0, 0.05) is 11.6 Å². The van der Waals surface area contributed by atoms with Gasteiger partial charge in [0.15, 0.2) is 5.03 Å². The summed E-state index contributed by atoms with van der Waals surface area (Å²) < 4.78 is 22.1. The Bertz CT molecular complexity index is 573. The monoisotopic (exact) mass is 207 g/mol. The summed E-state index contributed by atoms with van der Waals surface area (Å²) in [7, 11) is -3.99. The largest absolute Gasteiger partial charge is 0.272 e. The highest BCUT2D eigenvalue weighted by atomic mass is 32.2. The molecule has 0 saturated heterocycles. The van der Waals surface area contributed by atoms with Crippen LogP contribution in [0, 0.1) is 0 Å². The number of rotatable bonds is 1. The maximum Gasteiger partial charge on any atom is 0.272 e. The Balaban J connectivity index is 2.92. The van der Waals surface area contributed by atoms with Crippen molar-refractivity contribution >= 4 is 20.8 Å². The van der Waals surface area contributed by atoms with Crippen LogP contribution in [0.5, 0.6) is 0 Å². The van der Waals surface area contributed by atoms with Crippen molar-refractivity contribution in [1.29, 1.82) is 0 Å². The molecule has 0 amide bonds. The first kappa shape index (κ1) is 9.11. The molecule has 0 atom stereocenters. The second kappa shape index (κ2) is 3.04. The molecule has 0 aliphatic heterocycles. The van der Waals surface area contributed by atoms with Gasteiger partial charge in [-0.1, -0.05) is 24.3 Å². The number of pyridine rings is 1. The SMILES string of the molecule is [NH]S(=O)(=O)c1nccc2ccccc12. The van der Waals surface area contributed by atoms with Crippen molar-refractivity contribution in [2.24, 2.45) is 0 Å². The summed E-state index contributed by atoms with van der Waals surface area (Å²) >= 11 is 0. The molecule has 1 radical (unpaired) electrons. The Morgan fingerprint density at radius 2 is 1.86 bits per heavy atom. The third-order valence-electron chi connectivity index (χ3n) is 1.89. The molecule has 0 aliphatic rings. The van der Waals surface area contributed by atoms with Crippen LogP contribution in [0.3, 0.4) is 0 Å². The Morgan fingerprint density at radius 3 is 2.57 bits per heavy atom. The average molecular weight is 207 g/mol. The van der Waals surface area contributed by atoms with E-state index in [-0.39, 0.29) is 5.03 Å². The quantitative estimate of drug-likeness (QED) is 0.705. The number of nitrogens with one attached hydrogen (secondary N) is 1.